The molecule has 0 spiro atoms. The molecule has 1 atom stereocenters. The number of amides is 1. The summed E-state index contributed by atoms with van der Waals surface area (Å²) < 4.78 is 5.58. The van der Waals surface area contributed by atoms with E-state index >= 15 is 0 Å². The number of carbonyl (C=O) groups is 2. The maximum absolute atomic E-state index is 12.1. The standard InChI is InChI=1S/C15H12Cl2N2O4/c1-9(23-15(21)10-4-6-19(22)7-5-10)14(20)18-13-8-11(16)2-3-12(13)17/h2-9H,1H3,(H,18,20)/t9-/m0/s1. The van der Waals surface area contributed by atoms with Crippen LogP contribution >= 0.6 is 23.2 Å². The molecule has 2 aromatic rings. The zero-order valence-corrected chi connectivity index (χ0v) is 13.5. The van der Waals surface area contributed by atoms with Gasteiger partial charge in [0.05, 0.1) is 16.3 Å². The molecule has 120 valence electrons. The van der Waals surface area contributed by atoms with E-state index in [2.05, 4.69) is 5.32 Å². The molecule has 2 rings (SSSR count). The van der Waals surface area contributed by atoms with Gasteiger partial charge in [-0.1, -0.05) is 23.2 Å². The van der Waals surface area contributed by atoms with Gasteiger partial charge in [-0.2, -0.15) is 4.73 Å². The lowest BCUT2D eigenvalue weighted by Gasteiger charge is -2.14. The normalized spacial score (nSPS) is 11.6. The molecule has 0 saturated heterocycles. The maximum Gasteiger partial charge on any atom is 0.339 e. The second-order valence-corrected chi connectivity index (χ2v) is 5.45. The number of nitrogens with zero attached hydrogens (tertiary/aromatic N) is 1. The molecular weight excluding hydrogens is 343 g/mol. The number of halogens is 2. The van der Waals surface area contributed by atoms with Crippen molar-refractivity contribution in [2.24, 2.45) is 0 Å². The number of benzene rings is 1. The number of esters is 1. The van der Waals surface area contributed by atoms with Crippen molar-refractivity contribution in [1.82, 2.24) is 0 Å². The molecule has 1 aromatic heterocycles. The molecular formula is C15H12Cl2N2O4. The van der Waals surface area contributed by atoms with Gasteiger partial charge in [-0.3, -0.25) is 4.79 Å². The fraction of sp³-hybridized carbons (Fsp3) is 0.133. The lowest BCUT2D eigenvalue weighted by atomic mass is 10.2. The molecule has 0 bridgehead atoms. The zero-order chi connectivity index (χ0) is 17.0. The number of aromatic nitrogens is 1. The van der Waals surface area contributed by atoms with Gasteiger partial charge in [-0.25, -0.2) is 4.79 Å². The van der Waals surface area contributed by atoms with Crippen LogP contribution in [0.5, 0.6) is 0 Å². The monoisotopic (exact) mass is 354 g/mol. The Morgan fingerprint density at radius 3 is 2.52 bits per heavy atom. The first-order valence-electron chi connectivity index (χ1n) is 6.52. The van der Waals surface area contributed by atoms with Crippen molar-refractivity contribution < 1.29 is 19.1 Å². The van der Waals surface area contributed by atoms with Crippen molar-refractivity contribution >= 4 is 40.8 Å². The van der Waals surface area contributed by atoms with Gasteiger partial charge in [-0.05, 0) is 25.1 Å². The summed E-state index contributed by atoms with van der Waals surface area (Å²) in [5, 5.41) is 14.2. The number of rotatable bonds is 4. The van der Waals surface area contributed by atoms with Gasteiger partial charge in [0.15, 0.2) is 18.5 Å². The van der Waals surface area contributed by atoms with Gasteiger partial charge in [-0.15, -0.1) is 0 Å². The van der Waals surface area contributed by atoms with Gasteiger partial charge in [0.2, 0.25) is 0 Å². The van der Waals surface area contributed by atoms with Gasteiger partial charge in [0.1, 0.15) is 0 Å². The second-order valence-electron chi connectivity index (χ2n) is 4.61. The van der Waals surface area contributed by atoms with Gasteiger partial charge in [0, 0.05) is 17.2 Å². The Morgan fingerprint density at radius 2 is 1.87 bits per heavy atom. The van der Waals surface area contributed by atoms with E-state index in [0.717, 1.165) is 12.4 Å². The van der Waals surface area contributed by atoms with Crippen molar-refractivity contribution in [1.29, 1.82) is 0 Å². The van der Waals surface area contributed by atoms with E-state index in [0.29, 0.717) is 20.5 Å². The SMILES string of the molecule is C[C@H](OC(=O)c1cc[n+]([O-])cc1)C(=O)Nc1cc(Cl)ccc1Cl. The molecule has 0 aliphatic carbocycles. The summed E-state index contributed by atoms with van der Waals surface area (Å²) in [6.07, 6.45) is 1.26. The Kier molecular flexibility index (Phi) is 5.41. The molecule has 0 aliphatic heterocycles. The van der Waals surface area contributed by atoms with Crippen LogP contribution in [0.1, 0.15) is 17.3 Å². The van der Waals surface area contributed by atoms with Gasteiger partial charge < -0.3 is 15.3 Å². The van der Waals surface area contributed by atoms with Crippen LogP contribution in [-0.4, -0.2) is 18.0 Å². The summed E-state index contributed by atoms with van der Waals surface area (Å²) in [5.74, 6) is -1.28. The van der Waals surface area contributed by atoms with Crippen molar-refractivity contribution in [2.45, 2.75) is 13.0 Å². The molecule has 1 aromatic carbocycles. The van der Waals surface area contributed by atoms with Crippen molar-refractivity contribution in [2.75, 3.05) is 5.32 Å². The average Bonchev–Trinajstić information content (AvgIpc) is 2.51. The highest BCUT2D eigenvalue weighted by Gasteiger charge is 2.20. The highest BCUT2D eigenvalue weighted by atomic mass is 35.5. The first kappa shape index (κ1) is 17.1. The van der Waals surface area contributed by atoms with Crippen LogP contribution in [-0.2, 0) is 9.53 Å². The molecule has 0 saturated carbocycles. The summed E-state index contributed by atoms with van der Waals surface area (Å²) in [6.45, 7) is 1.42. The highest BCUT2D eigenvalue weighted by molar-refractivity contribution is 6.35. The Balaban J connectivity index is 2.01. The van der Waals surface area contributed by atoms with E-state index in [9.17, 15) is 14.8 Å². The molecule has 1 heterocycles. The molecule has 0 fully saturated rings. The molecule has 23 heavy (non-hydrogen) atoms. The van der Waals surface area contributed by atoms with E-state index in [-0.39, 0.29) is 5.56 Å². The molecule has 6 nitrogen and oxygen atoms in total. The number of hydrogen-bond acceptors (Lipinski definition) is 4. The quantitative estimate of drug-likeness (QED) is 0.519. The Hall–Kier alpha value is -2.31. The Morgan fingerprint density at radius 1 is 1.22 bits per heavy atom. The van der Waals surface area contributed by atoms with Crippen LogP contribution < -0.4 is 10.0 Å². The van der Waals surface area contributed by atoms with Gasteiger partial charge in [0.25, 0.3) is 5.91 Å². The third-order valence-electron chi connectivity index (χ3n) is 2.88. The summed E-state index contributed by atoms with van der Waals surface area (Å²) in [7, 11) is 0. The van der Waals surface area contributed by atoms with Gasteiger partial charge >= 0.3 is 5.97 Å². The lowest BCUT2D eigenvalue weighted by molar-refractivity contribution is -0.605. The van der Waals surface area contributed by atoms with E-state index in [1.165, 1.54) is 25.1 Å². The fourth-order valence-corrected chi connectivity index (χ4v) is 2.00. The van der Waals surface area contributed by atoms with Crippen LogP contribution in [0.4, 0.5) is 5.69 Å². The molecule has 0 aliphatic rings. The molecule has 8 heteroatoms. The summed E-state index contributed by atoms with van der Waals surface area (Å²) >= 11 is 11.8. The second kappa shape index (κ2) is 7.30. The largest absolute Gasteiger partial charge is 0.619 e. The average molecular weight is 355 g/mol. The minimum absolute atomic E-state index is 0.164. The van der Waals surface area contributed by atoms with Crippen molar-refractivity contribution in [3.8, 4) is 0 Å². The fourth-order valence-electron chi connectivity index (χ4n) is 1.66. The zero-order valence-electron chi connectivity index (χ0n) is 12.0. The minimum atomic E-state index is -1.06. The molecule has 1 N–H and O–H groups in total. The number of anilines is 1. The van der Waals surface area contributed by atoms with Crippen LogP contribution in [0.15, 0.2) is 42.7 Å². The topological polar surface area (TPSA) is 82.3 Å². The summed E-state index contributed by atoms with van der Waals surface area (Å²) in [6, 6.07) is 7.21. The minimum Gasteiger partial charge on any atom is -0.619 e. The number of nitrogens with one attached hydrogen (secondary N) is 1. The van der Waals surface area contributed by atoms with Crippen LogP contribution in [0.25, 0.3) is 0 Å². The third-order valence-corrected chi connectivity index (χ3v) is 3.44. The lowest BCUT2D eigenvalue weighted by Crippen LogP contribution is -2.30. The smallest absolute Gasteiger partial charge is 0.339 e. The highest BCUT2D eigenvalue weighted by Crippen LogP contribution is 2.25. The number of ether oxygens (including phenoxy) is 1. The summed E-state index contributed by atoms with van der Waals surface area (Å²) in [4.78, 5) is 23.9. The van der Waals surface area contributed by atoms with E-state index in [1.54, 1.807) is 12.1 Å². The number of pyridine rings is 1. The summed E-state index contributed by atoms with van der Waals surface area (Å²) in [5.41, 5.74) is 0.483. The first-order valence-corrected chi connectivity index (χ1v) is 7.28. The predicted molar refractivity (Wildman–Crippen MR) is 85.4 cm³/mol. The van der Waals surface area contributed by atoms with Crippen LogP contribution in [0.2, 0.25) is 10.0 Å². The maximum atomic E-state index is 12.1. The Labute approximate surface area is 142 Å². The van der Waals surface area contributed by atoms with Crippen LogP contribution in [0, 0.1) is 5.21 Å². The van der Waals surface area contributed by atoms with Crippen molar-refractivity contribution in [3.05, 3.63) is 63.5 Å². The molecule has 0 unspecified atom stereocenters. The predicted octanol–water partition coefficient (Wildman–Crippen LogP) is 2.81. The van der Waals surface area contributed by atoms with Crippen LogP contribution in [0.3, 0.4) is 0 Å². The Bertz CT molecular complexity index is 735. The van der Waals surface area contributed by atoms with E-state index in [1.807, 2.05) is 0 Å². The third kappa shape index (κ3) is 4.58. The first-order chi connectivity index (χ1) is 10.9. The number of carbonyl (C=O) groups excluding carboxylic acids is 2. The van der Waals surface area contributed by atoms with E-state index in [4.69, 9.17) is 27.9 Å². The molecule has 1 amide bonds. The van der Waals surface area contributed by atoms with E-state index < -0.39 is 18.0 Å². The number of hydrogen-bond donors (Lipinski definition) is 1. The van der Waals surface area contributed by atoms with Crippen molar-refractivity contribution in [3.63, 3.8) is 0 Å². The molecule has 0 radical (unpaired) electrons.